The van der Waals surface area contributed by atoms with Gasteiger partial charge in [0.1, 0.15) is 16.5 Å². The molecule has 0 aromatic heterocycles. The second-order valence-corrected chi connectivity index (χ2v) is 8.19. The number of nitrogens with one attached hydrogen (secondary N) is 2. The highest BCUT2D eigenvalue weighted by Crippen LogP contribution is 2.31. The summed E-state index contributed by atoms with van der Waals surface area (Å²) in [7, 11) is 1.53. The van der Waals surface area contributed by atoms with Crippen LogP contribution in [0.3, 0.4) is 0 Å². The highest BCUT2D eigenvalue weighted by Gasteiger charge is 2.39. The standard InChI is InChI=1S/C26H22ClN3O4/c1-15-4-13-21(16(2)14-15)29-24(31)17-5-7-18(8-6-17)28-23-22(27)25(32)30(26(23)33)19-9-11-20(34-3)12-10-19/h4-14,28H,1-3H3,(H,29,31). The molecule has 2 N–H and O–H groups in total. The number of nitrogens with zero attached hydrogens (tertiary/aromatic N) is 1. The summed E-state index contributed by atoms with van der Waals surface area (Å²) in [4.78, 5) is 39.2. The summed E-state index contributed by atoms with van der Waals surface area (Å²) < 4.78 is 5.11. The van der Waals surface area contributed by atoms with E-state index >= 15 is 0 Å². The van der Waals surface area contributed by atoms with E-state index in [0.29, 0.717) is 22.7 Å². The van der Waals surface area contributed by atoms with E-state index in [2.05, 4.69) is 10.6 Å². The van der Waals surface area contributed by atoms with Gasteiger partial charge in [-0.25, -0.2) is 4.90 Å². The molecule has 3 aromatic carbocycles. The molecule has 0 spiro atoms. The minimum absolute atomic E-state index is 0.0324. The summed E-state index contributed by atoms with van der Waals surface area (Å²) in [5.74, 6) is -0.851. The minimum atomic E-state index is -0.621. The SMILES string of the molecule is COc1ccc(N2C(=O)C(Cl)=C(Nc3ccc(C(=O)Nc4ccc(C)cc4C)cc3)C2=O)cc1. The molecule has 172 valence electrons. The van der Waals surface area contributed by atoms with Crippen molar-refractivity contribution in [3.63, 3.8) is 0 Å². The zero-order valence-electron chi connectivity index (χ0n) is 18.8. The molecule has 8 heteroatoms. The number of carbonyl (C=O) groups excluding carboxylic acids is 3. The molecule has 34 heavy (non-hydrogen) atoms. The van der Waals surface area contributed by atoms with E-state index < -0.39 is 11.8 Å². The topological polar surface area (TPSA) is 87.7 Å². The molecule has 0 fully saturated rings. The molecule has 0 saturated carbocycles. The quantitative estimate of drug-likeness (QED) is 0.490. The van der Waals surface area contributed by atoms with Crippen molar-refractivity contribution < 1.29 is 19.1 Å². The van der Waals surface area contributed by atoms with Crippen molar-refractivity contribution in [2.24, 2.45) is 0 Å². The van der Waals surface area contributed by atoms with Gasteiger partial charge in [0.15, 0.2) is 0 Å². The van der Waals surface area contributed by atoms with E-state index in [4.69, 9.17) is 16.3 Å². The van der Waals surface area contributed by atoms with E-state index in [9.17, 15) is 14.4 Å². The van der Waals surface area contributed by atoms with Gasteiger partial charge in [-0.1, -0.05) is 29.3 Å². The first-order valence-electron chi connectivity index (χ1n) is 10.5. The molecule has 0 aliphatic carbocycles. The predicted octanol–water partition coefficient (Wildman–Crippen LogP) is 5.00. The Balaban J connectivity index is 1.47. The summed E-state index contributed by atoms with van der Waals surface area (Å²) in [5, 5.41) is 5.59. The fraction of sp³-hybridized carbons (Fsp3) is 0.115. The number of methoxy groups -OCH3 is 1. The van der Waals surface area contributed by atoms with Gasteiger partial charge in [-0.15, -0.1) is 0 Å². The number of imide groups is 1. The van der Waals surface area contributed by atoms with Gasteiger partial charge in [-0.05, 0) is 74.0 Å². The molecule has 0 saturated heterocycles. The summed E-state index contributed by atoms with van der Waals surface area (Å²) in [6.07, 6.45) is 0. The maximum Gasteiger partial charge on any atom is 0.283 e. The van der Waals surface area contributed by atoms with Crippen LogP contribution >= 0.6 is 11.6 Å². The van der Waals surface area contributed by atoms with Crippen LogP contribution in [0.2, 0.25) is 0 Å². The van der Waals surface area contributed by atoms with E-state index in [-0.39, 0.29) is 16.6 Å². The average Bonchev–Trinajstić information content (AvgIpc) is 3.04. The van der Waals surface area contributed by atoms with Crippen molar-refractivity contribution in [1.82, 2.24) is 0 Å². The molecule has 7 nitrogen and oxygen atoms in total. The lowest BCUT2D eigenvalue weighted by molar-refractivity contribution is -0.120. The summed E-state index contributed by atoms with van der Waals surface area (Å²) in [5.41, 5.74) is 4.12. The van der Waals surface area contributed by atoms with Gasteiger partial charge >= 0.3 is 0 Å². The first-order chi connectivity index (χ1) is 16.3. The Kier molecular flexibility index (Phi) is 6.38. The van der Waals surface area contributed by atoms with Gasteiger partial charge in [0, 0.05) is 16.9 Å². The summed E-state index contributed by atoms with van der Waals surface area (Å²) in [6.45, 7) is 3.92. The fourth-order valence-corrected chi connectivity index (χ4v) is 3.79. The average molecular weight is 476 g/mol. The van der Waals surface area contributed by atoms with Crippen molar-refractivity contribution in [2.45, 2.75) is 13.8 Å². The molecule has 0 radical (unpaired) electrons. The molecule has 1 aliphatic heterocycles. The largest absolute Gasteiger partial charge is 0.497 e. The van der Waals surface area contributed by atoms with Crippen LogP contribution in [-0.4, -0.2) is 24.8 Å². The zero-order valence-corrected chi connectivity index (χ0v) is 19.6. The maximum absolute atomic E-state index is 12.9. The van der Waals surface area contributed by atoms with Gasteiger partial charge in [-0.2, -0.15) is 0 Å². The van der Waals surface area contributed by atoms with Gasteiger partial charge in [-0.3, -0.25) is 14.4 Å². The monoisotopic (exact) mass is 475 g/mol. The van der Waals surface area contributed by atoms with Crippen LogP contribution in [-0.2, 0) is 9.59 Å². The normalized spacial score (nSPS) is 13.4. The second-order valence-electron chi connectivity index (χ2n) is 7.81. The molecule has 3 amide bonds. The van der Waals surface area contributed by atoms with Crippen molar-refractivity contribution in [2.75, 3.05) is 22.6 Å². The zero-order chi connectivity index (χ0) is 24.4. The van der Waals surface area contributed by atoms with Gasteiger partial charge in [0.25, 0.3) is 17.7 Å². The third-order valence-corrected chi connectivity index (χ3v) is 5.76. The molecule has 1 aliphatic rings. The predicted molar refractivity (Wildman–Crippen MR) is 132 cm³/mol. The van der Waals surface area contributed by atoms with Crippen LogP contribution in [0.1, 0.15) is 21.5 Å². The molecule has 0 bridgehead atoms. The smallest absolute Gasteiger partial charge is 0.283 e. The van der Waals surface area contributed by atoms with Crippen LogP contribution in [0, 0.1) is 13.8 Å². The van der Waals surface area contributed by atoms with Crippen molar-refractivity contribution >= 4 is 46.4 Å². The van der Waals surface area contributed by atoms with E-state index in [1.54, 1.807) is 48.5 Å². The Bertz CT molecular complexity index is 1310. The fourth-order valence-electron chi connectivity index (χ4n) is 3.57. The number of aryl methyl sites for hydroxylation is 2. The number of hydrogen-bond acceptors (Lipinski definition) is 5. The summed E-state index contributed by atoms with van der Waals surface area (Å²) in [6, 6.07) is 18.8. The van der Waals surface area contributed by atoms with Gasteiger partial charge in [0.05, 0.1) is 12.8 Å². The number of ether oxygens (including phenoxy) is 1. The van der Waals surface area contributed by atoms with Gasteiger partial charge < -0.3 is 15.4 Å². The van der Waals surface area contributed by atoms with Crippen LogP contribution in [0.15, 0.2) is 77.5 Å². The Labute approximate surface area is 202 Å². The van der Waals surface area contributed by atoms with Crippen molar-refractivity contribution in [3.05, 3.63) is 94.1 Å². The Morgan fingerprint density at radius 2 is 1.59 bits per heavy atom. The van der Waals surface area contributed by atoms with E-state index in [0.717, 1.165) is 21.7 Å². The van der Waals surface area contributed by atoms with Crippen molar-refractivity contribution in [1.29, 1.82) is 0 Å². The van der Waals surface area contributed by atoms with Crippen molar-refractivity contribution in [3.8, 4) is 5.75 Å². The van der Waals surface area contributed by atoms with Crippen LogP contribution in [0.5, 0.6) is 5.75 Å². The Hall–Kier alpha value is -4.10. The number of rotatable bonds is 6. The van der Waals surface area contributed by atoms with E-state index in [1.807, 2.05) is 32.0 Å². The van der Waals surface area contributed by atoms with Gasteiger partial charge in [0.2, 0.25) is 0 Å². The minimum Gasteiger partial charge on any atom is -0.497 e. The highest BCUT2D eigenvalue weighted by molar-refractivity contribution is 6.53. The van der Waals surface area contributed by atoms with Crippen LogP contribution in [0.4, 0.5) is 17.1 Å². The lowest BCUT2D eigenvalue weighted by Crippen LogP contribution is -2.32. The number of halogens is 1. The van der Waals surface area contributed by atoms with Crippen LogP contribution in [0.25, 0.3) is 0 Å². The number of hydrogen-bond donors (Lipinski definition) is 2. The molecular formula is C26H22ClN3O4. The number of carbonyl (C=O) groups is 3. The Morgan fingerprint density at radius 1 is 0.912 bits per heavy atom. The second kappa shape index (κ2) is 9.41. The number of anilines is 3. The first-order valence-corrected chi connectivity index (χ1v) is 10.8. The van der Waals surface area contributed by atoms with Crippen LogP contribution < -0.4 is 20.3 Å². The highest BCUT2D eigenvalue weighted by atomic mass is 35.5. The number of amides is 3. The number of benzene rings is 3. The molecular weight excluding hydrogens is 454 g/mol. The first kappa shape index (κ1) is 23.1. The molecule has 4 rings (SSSR count). The lowest BCUT2D eigenvalue weighted by atomic mass is 10.1. The third-order valence-electron chi connectivity index (χ3n) is 5.40. The summed E-state index contributed by atoms with van der Waals surface area (Å²) >= 11 is 6.19. The molecule has 0 atom stereocenters. The lowest BCUT2D eigenvalue weighted by Gasteiger charge is -2.15. The van der Waals surface area contributed by atoms with E-state index in [1.165, 1.54) is 7.11 Å². The maximum atomic E-state index is 12.9. The molecule has 0 unspecified atom stereocenters. The molecule has 3 aromatic rings. The third kappa shape index (κ3) is 4.51. The Morgan fingerprint density at radius 3 is 2.21 bits per heavy atom. The molecule has 1 heterocycles.